The van der Waals surface area contributed by atoms with Gasteiger partial charge in [-0.25, -0.2) is 4.79 Å². The molecule has 0 spiro atoms. The van der Waals surface area contributed by atoms with Crippen molar-refractivity contribution in [3.63, 3.8) is 0 Å². The van der Waals surface area contributed by atoms with Crippen molar-refractivity contribution in [2.45, 2.75) is 38.9 Å². The molecular formula is C11H16O4. The highest BCUT2D eigenvalue weighted by Crippen LogP contribution is 2.21. The van der Waals surface area contributed by atoms with Crippen molar-refractivity contribution in [3.05, 3.63) is 23.5 Å². The number of allylic oxidation sites excluding steroid dienone is 1. The van der Waals surface area contributed by atoms with E-state index in [2.05, 4.69) is 0 Å². The van der Waals surface area contributed by atoms with E-state index in [1.807, 2.05) is 6.92 Å². The second-order valence-electron chi connectivity index (χ2n) is 3.61. The SMILES string of the molecule is CCCC1=CC(=CC(O)C(C)O)OC1=O. The van der Waals surface area contributed by atoms with Crippen molar-refractivity contribution in [1.82, 2.24) is 0 Å². The molecule has 0 saturated heterocycles. The number of carbonyl (C=O) groups is 1. The summed E-state index contributed by atoms with van der Waals surface area (Å²) in [6.07, 6.45) is 2.60. The third kappa shape index (κ3) is 3.18. The molecule has 4 heteroatoms. The molecule has 0 aliphatic carbocycles. The van der Waals surface area contributed by atoms with E-state index < -0.39 is 12.2 Å². The molecule has 0 aromatic rings. The van der Waals surface area contributed by atoms with E-state index in [0.717, 1.165) is 6.42 Å². The molecule has 1 aliphatic rings. The summed E-state index contributed by atoms with van der Waals surface area (Å²) in [4.78, 5) is 11.3. The summed E-state index contributed by atoms with van der Waals surface area (Å²) < 4.78 is 4.91. The van der Waals surface area contributed by atoms with E-state index in [0.29, 0.717) is 17.8 Å². The lowest BCUT2D eigenvalue weighted by molar-refractivity contribution is -0.133. The first-order valence-corrected chi connectivity index (χ1v) is 5.05. The third-order valence-electron chi connectivity index (χ3n) is 2.14. The zero-order chi connectivity index (χ0) is 11.4. The van der Waals surface area contributed by atoms with Gasteiger partial charge in [0.1, 0.15) is 11.9 Å². The molecule has 84 valence electrons. The average Bonchev–Trinajstić information content (AvgIpc) is 2.47. The van der Waals surface area contributed by atoms with Gasteiger partial charge < -0.3 is 14.9 Å². The van der Waals surface area contributed by atoms with Crippen LogP contribution in [0.15, 0.2) is 23.5 Å². The van der Waals surface area contributed by atoms with Crippen LogP contribution in [0.3, 0.4) is 0 Å². The minimum absolute atomic E-state index is 0.317. The second-order valence-corrected chi connectivity index (χ2v) is 3.61. The normalized spacial score (nSPS) is 22.5. The first kappa shape index (κ1) is 11.9. The highest BCUT2D eigenvalue weighted by atomic mass is 16.5. The summed E-state index contributed by atoms with van der Waals surface area (Å²) in [5.74, 6) is -0.0438. The average molecular weight is 212 g/mol. The molecule has 2 N–H and O–H groups in total. The summed E-state index contributed by atoms with van der Waals surface area (Å²) in [7, 11) is 0. The van der Waals surface area contributed by atoms with Crippen LogP contribution >= 0.6 is 0 Å². The number of hydrogen-bond donors (Lipinski definition) is 2. The van der Waals surface area contributed by atoms with Gasteiger partial charge in [0.05, 0.1) is 6.10 Å². The third-order valence-corrected chi connectivity index (χ3v) is 2.14. The Morgan fingerprint density at radius 3 is 2.73 bits per heavy atom. The van der Waals surface area contributed by atoms with Crippen molar-refractivity contribution in [2.24, 2.45) is 0 Å². The number of aliphatic hydroxyl groups is 2. The van der Waals surface area contributed by atoms with E-state index in [1.165, 1.54) is 13.0 Å². The minimum atomic E-state index is -1.01. The number of ether oxygens (including phenoxy) is 1. The van der Waals surface area contributed by atoms with Crippen LogP contribution < -0.4 is 0 Å². The van der Waals surface area contributed by atoms with Crippen LogP contribution in [0, 0.1) is 0 Å². The zero-order valence-electron chi connectivity index (χ0n) is 8.93. The largest absolute Gasteiger partial charge is 0.423 e. The first-order chi connectivity index (χ1) is 7.04. The standard InChI is InChI=1S/C11H16O4/c1-3-4-8-5-9(15-11(8)14)6-10(13)7(2)12/h5-7,10,12-13H,3-4H2,1-2H3. The van der Waals surface area contributed by atoms with Crippen LogP contribution in [-0.4, -0.2) is 28.4 Å². The Morgan fingerprint density at radius 2 is 2.20 bits per heavy atom. The van der Waals surface area contributed by atoms with Crippen molar-refractivity contribution in [1.29, 1.82) is 0 Å². The smallest absolute Gasteiger partial charge is 0.339 e. The fourth-order valence-corrected chi connectivity index (χ4v) is 1.27. The fourth-order valence-electron chi connectivity index (χ4n) is 1.27. The molecule has 4 nitrogen and oxygen atoms in total. The molecule has 0 aromatic heterocycles. The van der Waals surface area contributed by atoms with Crippen LogP contribution in [0.4, 0.5) is 0 Å². The van der Waals surface area contributed by atoms with E-state index in [9.17, 15) is 9.90 Å². The van der Waals surface area contributed by atoms with E-state index in [-0.39, 0.29) is 5.97 Å². The lowest BCUT2D eigenvalue weighted by atomic mass is 10.1. The molecule has 0 amide bonds. The molecule has 1 rings (SSSR count). The fraction of sp³-hybridized carbons (Fsp3) is 0.545. The number of carbonyl (C=O) groups excluding carboxylic acids is 1. The van der Waals surface area contributed by atoms with Crippen LogP contribution in [0.25, 0.3) is 0 Å². The van der Waals surface area contributed by atoms with Crippen LogP contribution in [-0.2, 0) is 9.53 Å². The molecule has 0 fully saturated rings. The van der Waals surface area contributed by atoms with Gasteiger partial charge in [0, 0.05) is 5.57 Å². The molecule has 2 atom stereocenters. The molecule has 1 aliphatic heterocycles. The van der Waals surface area contributed by atoms with Gasteiger partial charge in [-0.2, -0.15) is 0 Å². The number of esters is 1. The summed E-state index contributed by atoms with van der Waals surface area (Å²) in [5, 5.41) is 18.4. The van der Waals surface area contributed by atoms with Gasteiger partial charge in [0.2, 0.25) is 0 Å². The number of rotatable bonds is 4. The molecule has 0 bridgehead atoms. The number of hydrogen-bond acceptors (Lipinski definition) is 4. The zero-order valence-corrected chi connectivity index (χ0v) is 8.93. The minimum Gasteiger partial charge on any atom is -0.423 e. The Bertz CT molecular complexity index is 302. The van der Waals surface area contributed by atoms with Gasteiger partial charge >= 0.3 is 5.97 Å². The quantitative estimate of drug-likeness (QED) is 0.679. The highest BCUT2D eigenvalue weighted by Gasteiger charge is 2.21. The molecule has 1 heterocycles. The van der Waals surface area contributed by atoms with Gasteiger partial charge in [0.25, 0.3) is 0 Å². The number of cyclic esters (lactones) is 1. The van der Waals surface area contributed by atoms with Crippen molar-refractivity contribution < 1.29 is 19.7 Å². The lowest BCUT2D eigenvalue weighted by Gasteiger charge is -2.08. The molecule has 0 radical (unpaired) electrons. The molecule has 0 aromatic carbocycles. The Labute approximate surface area is 88.9 Å². The highest BCUT2D eigenvalue weighted by molar-refractivity contribution is 5.92. The Morgan fingerprint density at radius 1 is 1.53 bits per heavy atom. The molecular weight excluding hydrogens is 196 g/mol. The Hall–Kier alpha value is -1.13. The molecule has 0 saturated carbocycles. The predicted molar refractivity (Wildman–Crippen MR) is 54.9 cm³/mol. The second kappa shape index (κ2) is 5.09. The van der Waals surface area contributed by atoms with E-state index in [1.54, 1.807) is 6.08 Å². The van der Waals surface area contributed by atoms with Gasteiger partial charge in [-0.15, -0.1) is 0 Å². The van der Waals surface area contributed by atoms with Crippen molar-refractivity contribution >= 4 is 5.97 Å². The van der Waals surface area contributed by atoms with Gasteiger partial charge in [-0.1, -0.05) is 13.3 Å². The van der Waals surface area contributed by atoms with Crippen LogP contribution in [0.2, 0.25) is 0 Å². The maximum absolute atomic E-state index is 11.3. The summed E-state index contributed by atoms with van der Waals surface area (Å²) >= 11 is 0. The maximum atomic E-state index is 11.3. The lowest BCUT2D eigenvalue weighted by Crippen LogP contribution is -2.20. The van der Waals surface area contributed by atoms with Gasteiger partial charge in [-0.3, -0.25) is 0 Å². The summed E-state index contributed by atoms with van der Waals surface area (Å²) in [5.41, 5.74) is 0.613. The summed E-state index contributed by atoms with van der Waals surface area (Å²) in [6.45, 7) is 3.44. The van der Waals surface area contributed by atoms with E-state index >= 15 is 0 Å². The van der Waals surface area contributed by atoms with Gasteiger partial charge in [0.15, 0.2) is 0 Å². The predicted octanol–water partition coefficient (Wildman–Crippen LogP) is 0.895. The number of aliphatic hydroxyl groups excluding tert-OH is 2. The van der Waals surface area contributed by atoms with Gasteiger partial charge in [-0.05, 0) is 25.5 Å². The van der Waals surface area contributed by atoms with E-state index in [4.69, 9.17) is 9.84 Å². The maximum Gasteiger partial charge on any atom is 0.339 e. The van der Waals surface area contributed by atoms with Crippen molar-refractivity contribution in [3.8, 4) is 0 Å². The Balaban J connectivity index is 2.71. The molecule has 15 heavy (non-hydrogen) atoms. The summed E-state index contributed by atoms with van der Waals surface area (Å²) in [6, 6.07) is 0. The topological polar surface area (TPSA) is 66.8 Å². The van der Waals surface area contributed by atoms with Crippen molar-refractivity contribution in [2.75, 3.05) is 0 Å². The molecule has 2 unspecified atom stereocenters. The monoisotopic (exact) mass is 212 g/mol. The van der Waals surface area contributed by atoms with Crippen LogP contribution in [0.5, 0.6) is 0 Å². The van der Waals surface area contributed by atoms with Crippen LogP contribution in [0.1, 0.15) is 26.7 Å². The first-order valence-electron chi connectivity index (χ1n) is 5.05. The Kier molecular flexibility index (Phi) is 4.05.